The molecule has 110 valence electrons. The first-order valence-electron chi connectivity index (χ1n) is 6.92. The van der Waals surface area contributed by atoms with E-state index in [1.165, 1.54) is 7.11 Å². The van der Waals surface area contributed by atoms with Crippen LogP contribution >= 0.6 is 0 Å². The monoisotopic (exact) mass is 293 g/mol. The highest BCUT2D eigenvalue weighted by atomic mass is 16.5. The molecule has 22 heavy (non-hydrogen) atoms. The first-order chi connectivity index (χ1) is 10.8. The molecule has 0 bridgehead atoms. The number of benzene rings is 2. The van der Waals surface area contributed by atoms with Crippen LogP contribution in [0, 0.1) is 0 Å². The summed E-state index contributed by atoms with van der Waals surface area (Å²) in [5, 5.41) is 2.21. The van der Waals surface area contributed by atoms with Crippen LogP contribution in [0.25, 0.3) is 10.8 Å². The van der Waals surface area contributed by atoms with Gasteiger partial charge < -0.3 is 9.47 Å². The number of nitrogens with zero attached hydrogens (tertiary/aromatic N) is 1. The summed E-state index contributed by atoms with van der Waals surface area (Å²) < 4.78 is 10.5. The van der Waals surface area contributed by atoms with E-state index in [1.807, 2.05) is 36.4 Å². The van der Waals surface area contributed by atoms with Crippen molar-refractivity contribution in [2.75, 3.05) is 7.11 Å². The van der Waals surface area contributed by atoms with Gasteiger partial charge in [0.25, 0.3) is 0 Å². The van der Waals surface area contributed by atoms with E-state index in [0.717, 1.165) is 22.1 Å². The Morgan fingerprint density at radius 1 is 1.05 bits per heavy atom. The Morgan fingerprint density at radius 3 is 2.64 bits per heavy atom. The first kappa shape index (κ1) is 14.1. The number of methoxy groups -OCH3 is 1. The third kappa shape index (κ3) is 2.91. The van der Waals surface area contributed by atoms with Crippen LogP contribution in [0.1, 0.15) is 16.1 Å². The average molecular weight is 293 g/mol. The molecule has 0 saturated carbocycles. The highest BCUT2D eigenvalue weighted by Crippen LogP contribution is 2.25. The maximum Gasteiger partial charge on any atom is 0.356 e. The zero-order valence-corrected chi connectivity index (χ0v) is 12.2. The normalized spacial score (nSPS) is 10.4. The number of aromatic nitrogens is 1. The number of carbonyl (C=O) groups excluding carboxylic acids is 1. The summed E-state index contributed by atoms with van der Waals surface area (Å²) in [4.78, 5) is 15.4. The fourth-order valence-corrected chi connectivity index (χ4v) is 2.22. The Morgan fingerprint density at radius 2 is 1.86 bits per heavy atom. The minimum atomic E-state index is -0.443. The largest absolute Gasteiger partial charge is 0.488 e. The Bertz CT molecular complexity index is 792. The lowest BCUT2D eigenvalue weighted by molar-refractivity contribution is 0.0594. The molecule has 0 fully saturated rings. The van der Waals surface area contributed by atoms with Gasteiger partial charge in [-0.1, -0.05) is 42.5 Å². The van der Waals surface area contributed by atoms with E-state index in [9.17, 15) is 4.79 Å². The van der Waals surface area contributed by atoms with Crippen molar-refractivity contribution in [2.24, 2.45) is 0 Å². The SMILES string of the molecule is COC(=O)c1ccc(COc2cccc3ccccc23)cn1. The summed E-state index contributed by atoms with van der Waals surface area (Å²) in [6.45, 7) is 0.391. The number of hydrogen-bond donors (Lipinski definition) is 0. The van der Waals surface area contributed by atoms with Gasteiger partial charge in [-0.2, -0.15) is 0 Å². The molecule has 4 nitrogen and oxygen atoms in total. The van der Waals surface area contributed by atoms with Gasteiger partial charge in [0.1, 0.15) is 18.1 Å². The number of carbonyl (C=O) groups is 1. The number of fused-ring (bicyclic) bond motifs is 1. The average Bonchev–Trinajstić information content (AvgIpc) is 2.59. The van der Waals surface area contributed by atoms with Crippen LogP contribution in [0.2, 0.25) is 0 Å². The zero-order valence-electron chi connectivity index (χ0n) is 12.2. The summed E-state index contributed by atoms with van der Waals surface area (Å²) in [6, 6.07) is 17.5. The van der Waals surface area contributed by atoms with Crippen LogP contribution in [0.15, 0.2) is 60.8 Å². The Balaban J connectivity index is 1.75. The summed E-state index contributed by atoms with van der Waals surface area (Å²) >= 11 is 0. The standard InChI is InChI=1S/C18H15NO3/c1-21-18(20)16-10-9-13(11-19-16)12-22-17-8-4-6-14-5-2-3-7-15(14)17/h2-11H,12H2,1H3. The molecule has 0 amide bonds. The van der Waals surface area contributed by atoms with Crippen molar-refractivity contribution in [2.45, 2.75) is 6.61 Å². The molecule has 0 radical (unpaired) electrons. The van der Waals surface area contributed by atoms with E-state index in [2.05, 4.69) is 21.9 Å². The van der Waals surface area contributed by atoms with Crippen molar-refractivity contribution in [1.29, 1.82) is 0 Å². The van der Waals surface area contributed by atoms with Gasteiger partial charge in [0.15, 0.2) is 0 Å². The highest BCUT2D eigenvalue weighted by molar-refractivity contribution is 5.88. The topological polar surface area (TPSA) is 48.4 Å². The maximum atomic E-state index is 11.3. The molecule has 0 N–H and O–H groups in total. The first-order valence-corrected chi connectivity index (χ1v) is 6.92. The van der Waals surface area contributed by atoms with Crippen molar-refractivity contribution in [1.82, 2.24) is 4.98 Å². The number of hydrogen-bond acceptors (Lipinski definition) is 4. The molecule has 3 aromatic rings. The molecule has 0 unspecified atom stereocenters. The van der Waals surface area contributed by atoms with Crippen molar-refractivity contribution < 1.29 is 14.3 Å². The molecule has 0 spiro atoms. The van der Waals surface area contributed by atoms with Gasteiger partial charge >= 0.3 is 5.97 Å². The fraction of sp³-hybridized carbons (Fsp3) is 0.111. The number of esters is 1. The molecule has 0 saturated heterocycles. The van der Waals surface area contributed by atoms with Crippen LogP contribution in [0.4, 0.5) is 0 Å². The molecule has 0 aliphatic carbocycles. The van der Waals surface area contributed by atoms with E-state index in [-0.39, 0.29) is 5.69 Å². The molecule has 0 atom stereocenters. The van der Waals surface area contributed by atoms with Gasteiger partial charge in [-0.25, -0.2) is 9.78 Å². The van der Waals surface area contributed by atoms with Crippen molar-refractivity contribution >= 4 is 16.7 Å². The van der Waals surface area contributed by atoms with Crippen molar-refractivity contribution in [3.63, 3.8) is 0 Å². The number of ether oxygens (including phenoxy) is 2. The van der Waals surface area contributed by atoms with Gasteiger partial charge in [0.2, 0.25) is 0 Å². The van der Waals surface area contributed by atoms with Crippen molar-refractivity contribution in [3.05, 3.63) is 72.1 Å². The number of pyridine rings is 1. The minimum absolute atomic E-state index is 0.288. The van der Waals surface area contributed by atoms with Crippen LogP contribution in [-0.2, 0) is 11.3 Å². The predicted octanol–water partition coefficient (Wildman–Crippen LogP) is 3.60. The summed E-state index contributed by atoms with van der Waals surface area (Å²) in [6.07, 6.45) is 1.62. The maximum absolute atomic E-state index is 11.3. The van der Waals surface area contributed by atoms with Crippen LogP contribution in [-0.4, -0.2) is 18.1 Å². The highest BCUT2D eigenvalue weighted by Gasteiger charge is 2.07. The Hall–Kier alpha value is -2.88. The third-order valence-corrected chi connectivity index (χ3v) is 3.36. The van der Waals surface area contributed by atoms with E-state index in [0.29, 0.717) is 6.61 Å². The molecule has 1 heterocycles. The molecule has 0 aliphatic heterocycles. The second kappa shape index (κ2) is 6.26. The molecule has 4 heteroatoms. The minimum Gasteiger partial charge on any atom is -0.488 e. The van der Waals surface area contributed by atoms with E-state index >= 15 is 0 Å². The van der Waals surface area contributed by atoms with E-state index < -0.39 is 5.97 Å². The second-order valence-corrected chi connectivity index (χ2v) is 4.81. The quantitative estimate of drug-likeness (QED) is 0.690. The molecule has 2 aromatic carbocycles. The van der Waals surface area contributed by atoms with Gasteiger partial charge in [0, 0.05) is 17.1 Å². The van der Waals surface area contributed by atoms with Gasteiger partial charge in [-0.15, -0.1) is 0 Å². The Labute approximate surface area is 128 Å². The summed E-state index contributed by atoms with van der Waals surface area (Å²) in [7, 11) is 1.33. The summed E-state index contributed by atoms with van der Waals surface area (Å²) in [5.74, 6) is 0.386. The smallest absolute Gasteiger partial charge is 0.356 e. The molecule has 3 rings (SSSR count). The third-order valence-electron chi connectivity index (χ3n) is 3.36. The molecular weight excluding hydrogens is 278 g/mol. The van der Waals surface area contributed by atoms with Gasteiger partial charge in [0.05, 0.1) is 7.11 Å². The van der Waals surface area contributed by atoms with Crippen LogP contribution in [0.3, 0.4) is 0 Å². The summed E-state index contributed by atoms with van der Waals surface area (Å²) in [5.41, 5.74) is 1.18. The molecule has 0 aliphatic rings. The predicted molar refractivity (Wildman–Crippen MR) is 83.9 cm³/mol. The second-order valence-electron chi connectivity index (χ2n) is 4.81. The van der Waals surface area contributed by atoms with E-state index in [1.54, 1.807) is 12.3 Å². The molecular formula is C18H15NO3. The lowest BCUT2D eigenvalue weighted by Gasteiger charge is -2.09. The van der Waals surface area contributed by atoms with Gasteiger partial charge in [-0.3, -0.25) is 0 Å². The lowest BCUT2D eigenvalue weighted by atomic mass is 10.1. The van der Waals surface area contributed by atoms with Crippen LogP contribution < -0.4 is 4.74 Å². The zero-order chi connectivity index (χ0) is 15.4. The number of rotatable bonds is 4. The van der Waals surface area contributed by atoms with Gasteiger partial charge in [-0.05, 0) is 17.5 Å². The Kier molecular flexibility index (Phi) is 4.01. The van der Waals surface area contributed by atoms with Crippen molar-refractivity contribution in [3.8, 4) is 5.75 Å². The fourth-order valence-electron chi connectivity index (χ4n) is 2.22. The molecule has 1 aromatic heterocycles. The lowest BCUT2D eigenvalue weighted by Crippen LogP contribution is -2.05. The van der Waals surface area contributed by atoms with Crippen LogP contribution in [0.5, 0.6) is 5.75 Å². The van der Waals surface area contributed by atoms with E-state index in [4.69, 9.17) is 4.74 Å².